The van der Waals surface area contributed by atoms with Crippen LogP contribution >= 0.6 is 15.9 Å². The van der Waals surface area contributed by atoms with Gasteiger partial charge in [-0.3, -0.25) is 0 Å². The van der Waals surface area contributed by atoms with Crippen LogP contribution in [0.15, 0.2) is 28.7 Å². The maximum Gasteiger partial charge on any atom is 0.0669 e. The number of nitrogens with zero attached hydrogens (tertiary/aromatic N) is 1. The average molecular weight is 309 g/mol. The highest BCUT2D eigenvalue weighted by molar-refractivity contribution is 9.10. The lowest BCUT2D eigenvalue weighted by atomic mass is 9.84. The first-order valence-corrected chi connectivity index (χ1v) is 7.15. The third kappa shape index (κ3) is 4.44. The van der Waals surface area contributed by atoms with Crippen LogP contribution in [-0.4, -0.2) is 13.1 Å². The van der Waals surface area contributed by atoms with Crippen molar-refractivity contribution in [2.75, 3.05) is 13.1 Å². The Morgan fingerprint density at radius 2 is 1.94 bits per heavy atom. The van der Waals surface area contributed by atoms with Crippen molar-refractivity contribution in [2.45, 2.75) is 32.6 Å². The molecule has 0 radical (unpaired) electrons. The van der Waals surface area contributed by atoms with Crippen LogP contribution in [0, 0.1) is 17.2 Å². The van der Waals surface area contributed by atoms with Crippen molar-refractivity contribution in [3.8, 4) is 6.07 Å². The highest BCUT2D eigenvalue weighted by Crippen LogP contribution is 2.24. The molecule has 0 aliphatic rings. The maximum atomic E-state index is 8.91. The SMILES string of the molecule is CCC(C#N)CNCC(C)(C)c1ccc(Br)cc1. The van der Waals surface area contributed by atoms with Crippen LogP contribution in [0.2, 0.25) is 0 Å². The predicted octanol–water partition coefficient (Wildman–Crippen LogP) is 3.87. The Kier molecular flexibility index (Phi) is 5.84. The van der Waals surface area contributed by atoms with E-state index in [2.05, 4.69) is 72.4 Å². The van der Waals surface area contributed by atoms with E-state index in [1.807, 2.05) is 0 Å². The lowest BCUT2D eigenvalue weighted by molar-refractivity contribution is 0.445. The summed E-state index contributed by atoms with van der Waals surface area (Å²) in [6.45, 7) is 8.14. The number of hydrogen-bond donors (Lipinski definition) is 1. The molecular weight excluding hydrogens is 288 g/mol. The van der Waals surface area contributed by atoms with Crippen molar-refractivity contribution in [2.24, 2.45) is 5.92 Å². The molecule has 98 valence electrons. The summed E-state index contributed by atoms with van der Waals surface area (Å²) in [5.41, 5.74) is 1.39. The Bertz CT molecular complexity index is 403. The number of nitrogens with one attached hydrogen (secondary N) is 1. The smallest absolute Gasteiger partial charge is 0.0669 e. The molecule has 1 aromatic rings. The van der Waals surface area contributed by atoms with Gasteiger partial charge in [-0.2, -0.15) is 5.26 Å². The molecule has 2 nitrogen and oxygen atoms in total. The molecule has 0 aromatic heterocycles. The molecule has 0 saturated carbocycles. The van der Waals surface area contributed by atoms with Crippen molar-refractivity contribution in [1.82, 2.24) is 5.32 Å². The van der Waals surface area contributed by atoms with Crippen LogP contribution in [-0.2, 0) is 5.41 Å². The molecule has 1 atom stereocenters. The molecule has 0 amide bonds. The van der Waals surface area contributed by atoms with Gasteiger partial charge in [0.2, 0.25) is 0 Å². The Hall–Kier alpha value is -0.850. The van der Waals surface area contributed by atoms with E-state index >= 15 is 0 Å². The molecule has 1 N–H and O–H groups in total. The lowest BCUT2D eigenvalue weighted by Gasteiger charge is -2.26. The summed E-state index contributed by atoms with van der Waals surface area (Å²) in [6.07, 6.45) is 0.905. The monoisotopic (exact) mass is 308 g/mol. The van der Waals surface area contributed by atoms with Gasteiger partial charge in [-0.1, -0.05) is 48.8 Å². The molecular formula is C15H21BrN2. The standard InChI is InChI=1S/C15H21BrN2/c1-4-12(9-17)10-18-11-15(2,3)13-5-7-14(16)8-6-13/h5-8,12,18H,4,10-11H2,1-3H3. The summed E-state index contributed by atoms with van der Waals surface area (Å²) in [5.74, 6) is 0.116. The Morgan fingerprint density at radius 3 is 2.44 bits per heavy atom. The first-order chi connectivity index (χ1) is 8.49. The third-order valence-electron chi connectivity index (χ3n) is 3.26. The fourth-order valence-electron chi connectivity index (χ4n) is 1.84. The largest absolute Gasteiger partial charge is 0.315 e. The normalized spacial score (nSPS) is 13.1. The zero-order valence-corrected chi connectivity index (χ0v) is 12.9. The molecule has 0 aliphatic carbocycles. The second kappa shape index (κ2) is 6.92. The number of benzene rings is 1. The fourth-order valence-corrected chi connectivity index (χ4v) is 2.11. The molecule has 1 rings (SSSR count). The number of nitriles is 1. The van der Waals surface area contributed by atoms with Crippen molar-refractivity contribution < 1.29 is 0 Å². The van der Waals surface area contributed by atoms with Gasteiger partial charge in [0.25, 0.3) is 0 Å². The van der Waals surface area contributed by atoms with E-state index in [1.54, 1.807) is 0 Å². The molecule has 0 heterocycles. The molecule has 0 aliphatic heterocycles. The highest BCUT2D eigenvalue weighted by Gasteiger charge is 2.20. The molecule has 1 unspecified atom stereocenters. The quantitative estimate of drug-likeness (QED) is 0.866. The minimum absolute atomic E-state index is 0.0778. The highest BCUT2D eigenvalue weighted by atomic mass is 79.9. The van der Waals surface area contributed by atoms with Crippen molar-refractivity contribution in [3.63, 3.8) is 0 Å². The van der Waals surface area contributed by atoms with Gasteiger partial charge in [-0.25, -0.2) is 0 Å². The van der Waals surface area contributed by atoms with E-state index < -0.39 is 0 Å². The van der Waals surface area contributed by atoms with E-state index in [1.165, 1.54) is 5.56 Å². The Morgan fingerprint density at radius 1 is 1.33 bits per heavy atom. The molecule has 1 aromatic carbocycles. The summed E-state index contributed by atoms with van der Waals surface area (Å²) in [7, 11) is 0. The third-order valence-corrected chi connectivity index (χ3v) is 3.79. The van der Waals surface area contributed by atoms with Crippen LogP contribution < -0.4 is 5.32 Å². The first-order valence-electron chi connectivity index (χ1n) is 6.36. The van der Waals surface area contributed by atoms with Gasteiger partial charge in [0.05, 0.1) is 12.0 Å². The van der Waals surface area contributed by atoms with E-state index in [0.717, 1.165) is 24.0 Å². The zero-order valence-electron chi connectivity index (χ0n) is 11.3. The van der Waals surface area contributed by atoms with Crippen LogP contribution in [0.3, 0.4) is 0 Å². The van der Waals surface area contributed by atoms with Gasteiger partial charge in [-0.05, 0) is 24.1 Å². The topological polar surface area (TPSA) is 35.8 Å². The van der Waals surface area contributed by atoms with E-state index in [-0.39, 0.29) is 11.3 Å². The molecule has 0 fully saturated rings. The number of rotatable bonds is 6. The van der Waals surface area contributed by atoms with Crippen LogP contribution in [0.1, 0.15) is 32.8 Å². The number of halogens is 1. The van der Waals surface area contributed by atoms with Crippen LogP contribution in [0.5, 0.6) is 0 Å². The Balaban J connectivity index is 2.54. The molecule has 0 spiro atoms. The van der Waals surface area contributed by atoms with E-state index in [4.69, 9.17) is 5.26 Å². The van der Waals surface area contributed by atoms with E-state index in [9.17, 15) is 0 Å². The van der Waals surface area contributed by atoms with Gasteiger partial charge in [0, 0.05) is 23.0 Å². The zero-order chi connectivity index (χ0) is 13.6. The predicted molar refractivity (Wildman–Crippen MR) is 79.4 cm³/mol. The van der Waals surface area contributed by atoms with Gasteiger partial charge >= 0.3 is 0 Å². The van der Waals surface area contributed by atoms with Gasteiger partial charge in [-0.15, -0.1) is 0 Å². The second-order valence-corrected chi connectivity index (χ2v) is 6.17. The first kappa shape index (κ1) is 15.2. The summed E-state index contributed by atoms with van der Waals surface area (Å²) < 4.78 is 1.10. The van der Waals surface area contributed by atoms with Gasteiger partial charge < -0.3 is 5.32 Å². The summed E-state index contributed by atoms with van der Waals surface area (Å²) in [5, 5.41) is 12.3. The number of hydrogen-bond acceptors (Lipinski definition) is 2. The summed E-state index contributed by atoms with van der Waals surface area (Å²) in [4.78, 5) is 0. The minimum atomic E-state index is 0.0778. The van der Waals surface area contributed by atoms with Crippen LogP contribution in [0.25, 0.3) is 0 Å². The fraction of sp³-hybridized carbons (Fsp3) is 0.533. The Labute approximate surface area is 119 Å². The molecule has 3 heteroatoms. The second-order valence-electron chi connectivity index (χ2n) is 5.26. The van der Waals surface area contributed by atoms with Crippen molar-refractivity contribution in [1.29, 1.82) is 5.26 Å². The molecule has 18 heavy (non-hydrogen) atoms. The van der Waals surface area contributed by atoms with Gasteiger partial charge in [0.1, 0.15) is 0 Å². The summed E-state index contributed by atoms with van der Waals surface area (Å²) >= 11 is 3.45. The van der Waals surface area contributed by atoms with Crippen molar-refractivity contribution >= 4 is 15.9 Å². The average Bonchev–Trinajstić information content (AvgIpc) is 2.35. The lowest BCUT2D eigenvalue weighted by Crippen LogP contribution is -2.35. The molecule has 0 bridgehead atoms. The van der Waals surface area contributed by atoms with Crippen LogP contribution in [0.4, 0.5) is 0 Å². The molecule has 0 saturated heterocycles. The maximum absolute atomic E-state index is 8.91. The van der Waals surface area contributed by atoms with Gasteiger partial charge in [0.15, 0.2) is 0 Å². The summed E-state index contributed by atoms with van der Waals surface area (Å²) in [6, 6.07) is 10.8. The van der Waals surface area contributed by atoms with Crippen molar-refractivity contribution in [3.05, 3.63) is 34.3 Å². The van der Waals surface area contributed by atoms with E-state index in [0.29, 0.717) is 0 Å². The minimum Gasteiger partial charge on any atom is -0.315 e.